The van der Waals surface area contributed by atoms with Crippen LogP contribution in [0.3, 0.4) is 0 Å². The number of hydrogen-bond donors (Lipinski definition) is 2. The Labute approximate surface area is 143 Å². The van der Waals surface area contributed by atoms with Gasteiger partial charge in [0.15, 0.2) is 0 Å². The molecule has 1 unspecified atom stereocenters. The molecule has 0 fully saturated rings. The van der Waals surface area contributed by atoms with Gasteiger partial charge in [0.2, 0.25) is 0 Å². The van der Waals surface area contributed by atoms with Gasteiger partial charge >= 0.3 is 5.97 Å². The van der Waals surface area contributed by atoms with Crippen LogP contribution in [0.5, 0.6) is 0 Å². The third kappa shape index (κ3) is 14.7. The van der Waals surface area contributed by atoms with E-state index in [1.165, 1.54) is 83.5 Å². The highest BCUT2D eigenvalue weighted by Crippen LogP contribution is 2.15. The van der Waals surface area contributed by atoms with Gasteiger partial charge < -0.3 is 5.11 Å². The molecular weight excluding hydrogens is 292 g/mol. The van der Waals surface area contributed by atoms with Crippen LogP contribution < -0.4 is 0 Å². The molecule has 0 spiro atoms. The van der Waals surface area contributed by atoms with Crippen molar-refractivity contribution < 1.29 is 9.90 Å². The second-order valence-electron chi connectivity index (χ2n) is 6.60. The van der Waals surface area contributed by atoms with Crippen LogP contribution in [-0.4, -0.2) is 16.8 Å². The third-order valence-corrected chi connectivity index (χ3v) is 4.92. The fraction of sp³-hybridized carbons (Fsp3) is 0.947. The average molecular weight is 331 g/mol. The molecule has 3 heteroatoms. The molecule has 0 saturated carbocycles. The lowest BCUT2D eigenvalue weighted by atomic mass is 10.0. The van der Waals surface area contributed by atoms with E-state index in [0.29, 0.717) is 5.75 Å². The number of carboxylic acid groups (broad SMARTS) is 1. The molecule has 0 radical (unpaired) electrons. The van der Waals surface area contributed by atoms with Gasteiger partial charge in [-0.15, -0.1) is 0 Å². The second kappa shape index (κ2) is 17.2. The Morgan fingerprint density at radius 2 is 1.14 bits per heavy atom. The largest absolute Gasteiger partial charge is 0.481 e. The molecule has 0 aliphatic rings. The molecule has 0 saturated heterocycles. The summed E-state index contributed by atoms with van der Waals surface area (Å²) >= 11 is 4.10. The number of hydrogen-bond acceptors (Lipinski definition) is 2. The van der Waals surface area contributed by atoms with Gasteiger partial charge in [0, 0.05) is 5.75 Å². The summed E-state index contributed by atoms with van der Waals surface area (Å²) in [4.78, 5) is 10.8. The molecule has 132 valence electrons. The summed E-state index contributed by atoms with van der Waals surface area (Å²) in [7, 11) is 0. The van der Waals surface area contributed by atoms with E-state index in [-0.39, 0.29) is 5.92 Å². The first-order valence-electron chi connectivity index (χ1n) is 9.56. The lowest BCUT2D eigenvalue weighted by Crippen LogP contribution is -2.14. The standard InChI is InChI=1S/C19H38O2S/c1-2-3-4-5-6-7-8-9-10-11-12-13-14-15-16-18(17-22)19(20)21/h18,22H,2-17H2,1H3,(H,20,21). The minimum Gasteiger partial charge on any atom is -0.481 e. The molecule has 0 amide bonds. The first kappa shape index (κ1) is 21.8. The van der Waals surface area contributed by atoms with Gasteiger partial charge in [0.05, 0.1) is 5.92 Å². The van der Waals surface area contributed by atoms with Crippen LogP contribution in [-0.2, 0) is 4.79 Å². The maximum absolute atomic E-state index is 10.8. The van der Waals surface area contributed by atoms with E-state index in [9.17, 15) is 4.79 Å². The maximum Gasteiger partial charge on any atom is 0.307 e. The van der Waals surface area contributed by atoms with Crippen molar-refractivity contribution in [3.63, 3.8) is 0 Å². The van der Waals surface area contributed by atoms with E-state index in [2.05, 4.69) is 19.6 Å². The summed E-state index contributed by atoms with van der Waals surface area (Å²) in [5.41, 5.74) is 0. The first-order valence-corrected chi connectivity index (χ1v) is 10.2. The topological polar surface area (TPSA) is 37.3 Å². The van der Waals surface area contributed by atoms with Crippen molar-refractivity contribution in [2.75, 3.05) is 5.75 Å². The molecule has 0 rings (SSSR count). The van der Waals surface area contributed by atoms with Crippen LogP contribution in [0, 0.1) is 5.92 Å². The van der Waals surface area contributed by atoms with Crippen molar-refractivity contribution in [2.24, 2.45) is 5.92 Å². The first-order chi connectivity index (χ1) is 10.7. The van der Waals surface area contributed by atoms with Crippen LogP contribution in [0.15, 0.2) is 0 Å². The number of rotatable bonds is 17. The quantitative estimate of drug-likeness (QED) is 0.236. The zero-order valence-corrected chi connectivity index (χ0v) is 15.6. The third-order valence-electron chi connectivity index (χ3n) is 4.48. The lowest BCUT2D eigenvalue weighted by Gasteiger charge is -2.08. The number of unbranched alkanes of at least 4 members (excludes halogenated alkanes) is 13. The summed E-state index contributed by atoms with van der Waals surface area (Å²) in [6, 6.07) is 0. The predicted molar refractivity (Wildman–Crippen MR) is 99.9 cm³/mol. The van der Waals surface area contributed by atoms with Crippen LogP contribution in [0.1, 0.15) is 103 Å². The molecule has 0 aromatic rings. The zero-order valence-electron chi connectivity index (χ0n) is 14.7. The van der Waals surface area contributed by atoms with Crippen molar-refractivity contribution in [3.05, 3.63) is 0 Å². The van der Waals surface area contributed by atoms with Crippen LogP contribution in [0.2, 0.25) is 0 Å². The van der Waals surface area contributed by atoms with Gasteiger partial charge in [-0.25, -0.2) is 0 Å². The van der Waals surface area contributed by atoms with Crippen molar-refractivity contribution in [2.45, 2.75) is 103 Å². The average Bonchev–Trinajstić information content (AvgIpc) is 2.51. The SMILES string of the molecule is CCCCCCCCCCCCCCCCC(CS)C(=O)O. The van der Waals surface area contributed by atoms with E-state index >= 15 is 0 Å². The van der Waals surface area contributed by atoms with Crippen molar-refractivity contribution in [1.82, 2.24) is 0 Å². The van der Waals surface area contributed by atoms with E-state index < -0.39 is 5.97 Å². The van der Waals surface area contributed by atoms with E-state index in [1.807, 2.05) is 0 Å². The van der Waals surface area contributed by atoms with E-state index in [4.69, 9.17) is 5.11 Å². The molecule has 0 aromatic heterocycles. The highest BCUT2D eigenvalue weighted by molar-refractivity contribution is 7.80. The highest BCUT2D eigenvalue weighted by Gasteiger charge is 2.14. The summed E-state index contributed by atoms with van der Waals surface area (Å²) in [5, 5.41) is 8.93. The zero-order chi connectivity index (χ0) is 16.5. The maximum atomic E-state index is 10.8. The Hall–Kier alpha value is -0.180. The summed E-state index contributed by atoms with van der Waals surface area (Å²) in [5.74, 6) is -0.473. The number of thiol groups is 1. The molecule has 0 heterocycles. The van der Waals surface area contributed by atoms with Gasteiger partial charge in [-0.2, -0.15) is 12.6 Å². The van der Waals surface area contributed by atoms with Crippen LogP contribution in [0.25, 0.3) is 0 Å². The van der Waals surface area contributed by atoms with Crippen LogP contribution >= 0.6 is 12.6 Å². The van der Waals surface area contributed by atoms with Gasteiger partial charge in [0.1, 0.15) is 0 Å². The summed E-state index contributed by atoms with van der Waals surface area (Å²) < 4.78 is 0. The molecule has 0 aliphatic heterocycles. The molecule has 0 aromatic carbocycles. The smallest absolute Gasteiger partial charge is 0.307 e. The van der Waals surface area contributed by atoms with E-state index in [1.54, 1.807) is 0 Å². The highest BCUT2D eigenvalue weighted by atomic mass is 32.1. The molecule has 1 N–H and O–H groups in total. The number of carboxylic acids is 1. The lowest BCUT2D eigenvalue weighted by molar-refractivity contribution is -0.141. The fourth-order valence-electron chi connectivity index (χ4n) is 2.88. The molecular formula is C19H38O2S. The van der Waals surface area contributed by atoms with Crippen molar-refractivity contribution in [3.8, 4) is 0 Å². The van der Waals surface area contributed by atoms with Gasteiger partial charge in [-0.05, 0) is 6.42 Å². The Bertz CT molecular complexity index is 244. The Morgan fingerprint density at radius 3 is 1.45 bits per heavy atom. The summed E-state index contributed by atoms with van der Waals surface area (Å²) in [6.07, 6.45) is 19.6. The normalized spacial score (nSPS) is 12.5. The molecule has 2 nitrogen and oxygen atoms in total. The van der Waals surface area contributed by atoms with Gasteiger partial charge in [0.25, 0.3) is 0 Å². The van der Waals surface area contributed by atoms with Crippen molar-refractivity contribution in [1.29, 1.82) is 0 Å². The number of aliphatic carboxylic acids is 1. The second-order valence-corrected chi connectivity index (χ2v) is 6.97. The van der Waals surface area contributed by atoms with E-state index in [0.717, 1.165) is 12.8 Å². The fourth-order valence-corrected chi connectivity index (χ4v) is 3.22. The minimum atomic E-state index is -0.690. The molecule has 1 atom stereocenters. The molecule has 0 aliphatic carbocycles. The monoisotopic (exact) mass is 330 g/mol. The van der Waals surface area contributed by atoms with Gasteiger partial charge in [-0.3, -0.25) is 4.79 Å². The molecule has 0 bridgehead atoms. The van der Waals surface area contributed by atoms with Gasteiger partial charge in [-0.1, -0.05) is 96.8 Å². The number of carbonyl (C=O) groups is 1. The molecule has 22 heavy (non-hydrogen) atoms. The predicted octanol–water partition coefficient (Wildman–Crippen LogP) is 6.49. The Morgan fingerprint density at radius 1 is 0.773 bits per heavy atom. The summed E-state index contributed by atoms with van der Waals surface area (Å²) in [6.45, 7) is 2.27. The Kier molecular flexibility index (Phi) is 17.0. The van der Waals surface area contributed by atoms with Crippen LogP contribution in [0.4, 0.5) is 0 Å². The Balaban J connectivity index is 3.13. The minimum absolute atomic E-state index is 0.249. The van der Waals surface area contributed by atoms with Crippen molar-refractivity contribution >= 4 is 18.6 Å².